The molecule has 3 aromatic rings. The van der Waals surface area contributed by atoms with Crippen LogP contribution in [0.15, 0.2) is 71.6 Å². The lowest BCUT2D eigenvalue weighted by atomic mass is 10.1. The first-order valence-electron chi connectivity index (χ1n) is 7.80. The summed E-state index contributed by atoms with van der Waals surface area (Å²) in [6, 6.07) is 18.1. The largest absolute Gasteiger partial charge is 0.348 e. The molecule has 0 heterocycles. The van der Waals surface area contributed by atoms with Crippen LogP contribution >= 0.6 is 0 Å². The molecule has 2 amide bonds. The number of sulfonamides is 1. The Morgan fingerprint density at radius 2 is 1.62 bits per heavy atom. The van der Waals surface area contributed by atoms with E-state index in [0.717, 1.165) is 20.8 Å². The molecule has 0 aliphatic carbocycles. The van der Waals surface area contributed by atoms with Gasteiger partial charge in [0.15, 0.2) is 0 Å². The van der Waals surface area contributed by atoms with E-state index in [4.69, 9.17) is 5.84 Å². The number of hydrazine groups is 2. The van der Waals surface area contributed by atoms with Crippen LogP contribution in [0.4, 0.5) is 10.5 Å². The number of nitrogens with zero attached hydrogens (tertiary/aromatic N) is 1. The maximum Gasteiger partial charge on any atom is 0.348 e. The summed E-state index contributed by atoms with van der Waals surface area (Å²) >= 11 is 0. The second-order valence-electron chi connectivity index (χ2n) is 5.70. The summed E-state index contributed by atoms with van der Waals surface area (Å²) in [6.45, 7) is 1.86. The van der Waals surface area contributed by atoms with Gasteiger partial charge in [-0.1, -0.05) is 48.0 Å². The molecule has 0 radical (unpaired) electrons. The Balaban J connectivity index is 2.11. The monoisotopic (exact) mass is 370 g/mol. The summed E-state index contributed by atoms with van der Waals surface area (Å²) in [6.07, 6.45) is 0. The molecule has 4 N–H and O–H groups in total. The maximum absolute atomic E-state index is 13.1. The summed E-state index contributed by atoms with van der Waals surface area (Å²) in [5, 5.41) is 1.79. The highest BCUT2D eigenvalue weighted by molar-refractivity contribution is 7.92. The van der Waals surface area contributed by atoms with Crippen molar-refractivity contribution >= 4 is 32.5 Å². The van der Waals surface area contributed by atoms with Crippen molar-refractivity contribution in [1.29, 1.82) is 0 Å². The molecule has 3 aromatic carbocycles. The van der Waals surface area contributed by atoms with E-state index in [1.807, 2.05) is 36.6 Å². The molecule has 8 heteroatoms. The van der Waals surface area contributed by atoms with Gasteiger partial charge in [0.25, 0.3) is 10.0 Å². The van der Waals surface area contributed by atoms with Gasteiger partial charge in [0.1, 0.15) is 0 Å². The molecule has 0 aliphatic heterocycles. The van der Waals surface area contributed by atoms with E-state index < -0.39 is 16.1 Å². The fraction of sp³-hybridized carbons (Fsp3) is 0.0556. The van der Waals surface area contributed by atoms with Crippen LogP contribution in [-0.4, -0.2) is 14.4 Å². The zero-order chi connectivity index (χ0) is 18.7. The van der Waals surface area contributed by atoms with Gasteiger partial charge in [-0.2, -0.15) is 12.8 Å². The van der Waals surface area contributed by atoms with E-state index in [9.17, 15) is 13.2 Å². The SMILES string of the molecule is Cc1ccc(S(=O)(=O)N(NC(=O)NN)c2ccc3ccccc3c2)cc1. The molecule has 3 rings (SSSR count). The van der Waals surface area contributed by atoms with Crippen molar-refractivity contribution < 1.29 is 13.2 Å². The topological polar surface area (TPSA) is 105 Å². The average Bonchev–Trinajstić information content (AvgIpc) is 2.65. The molecule has 134 valence electrons. The first-order valence-corrected chi connectivity index (χ1v) is 9.24. The van der Waals surface area contributed by atoms with E-state index in [-0.39, 0.29) is 10.6 Å². The minimum Gasteiger partial charge on any atom is -0.275 e. The Labute approximate surface area is 151 Å². The molecular weight excluding hydrogens is 352 g/mol. The van der Waals surface area contributed by atoms with Crippen molar-refractivity contribution in [3.05, 3.63) is 72.3 Å². The van der Waals surface area contributed by atoms with E-state index in [2.05, 4.69) is 5.43 Å². The van der Waals surface area contributed by atoms with Gasteiger partial charge in [0.05, 0.1) is 10.6 Å². The molecule has 0 fully saturated rings. The molecule has 0 bridgehead atoms. The number of amides is 2. The fourth-order valence-corrected chi connectivity index (χ4v) is 3.79. The van der Waals surface area contributed by atoms with Gasteiger partial charge in [-0.05, 0) is 42.0 Å². The number of fused-ring (bicyclic) bond motifs is 1. The number of anilines is 1. The van der Waals surface area contributed by atoms with Gasteiger partial charge in [-0.15, -0.1) is 0 Å². The number of hydrogen-bond donors (Lipinski definition) is 3. The lowest BCUT2D eigenvalue weighted by molar-refractivity contribution is 0.241. The maximum atomic E-state index is 13.1. The lowest BCUT2D eigenvalue weighted by Gasteiger charge is -2.24. The summed E-state index contributed by atoms with van der Waals surface area (Å²) in [5.74, 6) is 5.11. The molecule has 0 unspecified atom stereocenters. The molecular formula is C18H18N4O3S. The van der Waals surface area contributed by atoms with Gasteiger partial charge in [-0.25, -0.2) is 16.1 Å². The minimum atomic E-state index is -4.04. The Morgan fingerprint density at radius 1 is 0.962 bits per heavy atom. The fourth-order valence-electron chi connectivity index (χ4n) is 2.51. The first-order chi connectivity index (χ1) is 12.4. The van der Waals surface area contributed by atoms with E-state index in [0.29, 0.717) is 0 Å². The highest BCUT2D eigenvalue weighted by Crippen LogP contribution is 2.26. The highest BCUT2D eigenvalue weighted by Gasteiger charge is 2.27. The number of carbonyl (C=O) groups excluding carboxylic acids is 1. The van der Waals surface area contributed by atoms with Crippen molar-refractivity contribution in [2.24, 2.45) is 5.84 Å². The molecule has 26 heavy (non-hydrogen) atoms. The zero-order valence-corrected chi connectivity index (χ0v) is 14.8. The smallest absolute Gasteiger partial charge is 0.275 e. The molecule has 0 aliphatic rings. The van der Waals surface area contributed by atoms with Crippen molar-refractivity contribution in [3.8, 4) is 0 Å². The van der Waals surface area contributed by atoms with Crippen LogP contribution in [0.1, 0.15) is 5.56 Å². The lowest BCUT2D eigenvalue weighted by Crippen LogP contribution is -2.52. The number of benzene rings is 3. The summed E-state index contributed by atoms with van der Waals surface area (Å²) in [4.78, 5) is 11.8. The highest BCUT2D eigenvalue weighted by atomic mass is 32.2. The van der Waals surface area contributed by atoms with Crippen LogP contribution in [0.25, 0.3) is 10.8 Å². The average molecular weight is 370 g/mol. The quantitative estimate of drug-likeness (QED) is 0.373. The Kier molecular flexibility index (Phi) is 4.79. The van der Waals surface area contributed by atoms with Gasteiger partial charge in [0, 0.05) is 0 Å². The van der Waals surface area contributed by atoms with Crippen molar-refractivity contribution in [2.75, 3.05) is 4.41 Å². The predicted octanol–water partition coefficient (Wildman–Crippen LogP) is 2.43. The molecule has 0 atom stereocenters. The number of nitrogens with one attached hydrogen (secondary N) is 2. The Hall–Kier alpha value is -3.10. The standard InChI is InChI=1S/C18H18N4O3S/c1-13-6-10-17(11-7-13)26(24,25)22(21-18(23)20-19)16-9-8-14-4-2-3-5-15(14)12-16/h2-12H,19H2,1H3,(H2,20,21,23). The number of hydrogen-bond acceptors (Lipinski definition) is 4. The number of carbonyl (C=O) groups is 1. The van der Waals surface area contributed by atoms with Crippen LogP contribution in [0.2, 0.25) is 0 Å². The normalized spacial score (nSPS) is 11.2. The summed E-state index contributed by atoms with van der Waals surface area (Å²) in [7, 11) is -4.04. The van der Waals surface area contributed by atoms with Gasteiger partial charge in [0.2, 0.25) is 0 Å². The van der Waals surface area contributed by atoms with Crippen LogP contribution < -0.4 is 21.1 Å². The Morgan fingerprint density at radius 3 is 2.27 bits per heavy atom. The second-order valence-corrected chi connectivity index (χ2v) is 7.49. The number of rotatable bonds is 4. The minimum absolute atomic E-state index is 0.0496. The van der Waals surface area contributed by atoms with Crippen LogP contribution in [0.3, 0.4) is 0 Å². The second kappa shape index (κ2) is 7.03. The molecule has 0 aromatic heterocycles. The first kappa shape index (κ1) is 17.7. The molecule has 0 saturated carbocycles. The van der Waals surface area contributed by atoms with Gasteiger partial charge < -0.3 is 0 Å². The Bertz CT molecular complexity index is 1050. The summed E-state index contributed by atoms with van der Waals surface area (Å²) < 4.78 is 27.0. The molecule has 0 saturated heterocycles. The van der Waals surface area contributed by atoms with Gasteiger partial charge in [-0.3, -0.25) is 5.43 Å². The van der Waals surface area contributed by atoms with E-state index in [1.54, 1.807) is 30.3 Å². The third-order valence-corrected chi connectivity index (χ3v) is 5.51. The van der Waals surface area contributed by atoms with Crippen LogP contribution in [0.5, 0.6) is 0 Å². The number of urea groups is 1. The predicted molar refractivity (Wildman–Crippen MR) is 101 cm³/mol. The number of nitrogens with two attached hydrogens (primary N) is 1. The van der Waals surface area contributed by atoms with Crippen LogP contribution in [-0.2, 0) is 10.0 Å². The number of aryl methyl sites for hydroxylation is 1. The van der Waals surface area contributed by atoms with Crippen LogP contribution in [0, 0.1) is 6.92 Å². The van der Waals surface area contributed by atoms with E-state index in [1.165, 1.54) is 12.1 Å². The summed E-state index contributed by atoms with van der Waals surface area (Å²) in [5.41, 5.74) is 5.36. The third kappa shape index (κ3) is 3.46. The van der Waals surface area contributed by atoms with Crippen molar-refractivity contribution in [2.45, 2.75) is 11.8 Å². The molecule has 0 spiro atoms. The zero-order valence-electron chi connectivity index (χ0n) is 14.0. The van der Waals surface area contributed by atoms with Crippen molar-refractivity contribution in [3.63, 3.8) is 0 Å². The van der Waals surface area contributed by atoms with E-state index >= 15 is 0 Å². The van der Waals surface area contributed by atoms with Gasteiger partial charge >= 0.3 is 6.03 Å². The third-order valence-electron chi connectivity index (χ3n) is 3.86. The molecule has 7 nitrogen and oxygen atoms in total. The van der Waals surface area contributed by atoms with Crippen molar-refractivity contribution in [1.82, 2.24) is 10.9 Å².